The highest BCUT2D eigenvalue weighted by Crippen LogP contribution is 2.26. The van der Waals surface area contributed by atoms with E-state index in [4.69, 9.17) is 12.2 Å². The second-order valence-corrected chi connectivity index (χ2v) is 4.90. The molecule has 0 fully saturated rings. The molecule has 0 amide bonds. The Kier molecular flexibility index (Phi) is 3.82. The minimum absolute atomic E-state index is 0.542. The zero-order valence-corrected chi connectivity index (χ0v) is 11.2. The van der Waals surface area contributed by atoms with Gasteiger partial charge in [-0.15, -0.1) is 12.6 Å². The Bertz CT molecular complexity index is 506. The second kappa shape index (κ2) is 5.34. The maximum absolute atomic E-state index is 5.20. The summed E-state index contributed by atoms with van der Waals surface area (Å²) in [5.41, 5.74) is 3.28. The summed E-state index contributed by atoms with van der Waals surface area (Å²) < 4.78 is 0.542. The van der Waals surface area contributed by atoms with Gasteiger partial charge in [0.05, 0.1) is 0 Å². The van der Waals surface area contributed by atoms with E-state index in [0.29, 0.717) is 4.32 Å². The number of para-hydroxylation sites is 1. The summed E-state index contributed by atoms with van der Waals surface area (Å²) in [6.07, 6.45) is 0. The topological polar surface area (TPSA) is 3.24 Å². The van der Waals surface area contributed by atoms with Crippen LogP contribution in [-0.2, 0) is 0 Å². The lowest BCUT2D eigenvalue weighted by molar-refractivity contribution is 1.36. The third kappa shape index (κ3) is 2.87. The van der Waals surface area contributed by atoms with Crippen LogP contribution in [0.4, 0.5) is 11.4 Å². The lowest BCUT2D eigenvalue weighted by Gasteiger charge is -2.22. The summed E-state index contributed by atoms with van der Waals surface area (Å²) in [7, 11) is 0. The van der Waals surface area contributed by atoms with E-state index in [1.807, 2.05) is 47.4 Å². The minimum atomic E-state index is 0.542. The Labute approximate surface area is 112 Å². The number of thiocarbonyl (C=S) groups is 1. The second-order valence-electron chi connectivity index (χ2n) is 3.79. The highest BCUT2D eigenvalue weighted by Gasteiger charge is 2.10. The first-order valence-corrected chi connectivity index (χ1v) is 6.19. The average Bonchev–Trinajstić information content (AvgIpc) is 2.33. The lowest BCUT2D eigenvalue weighted by Crippen LogP contribution is -2.19. The molecule has 0 unspecified atom stereocenters. The maximum Gasteiger partial charge on any atom is 0.142 e. The van der Waals surface area contributed by atoms with Crippen molar-refractivity contribution < 1.29 is 0 Å². The number of anilines is 2. The Balaban J connectivity index is 2.43. The predicted molar refractivity (Wildman–Crippen MR) is 81.3 cm³/mol. The molecule has 86 valence electrons. The van der Waals surface area contributed by atoms with Crippen LogP contribution in [0.25, 0.3) is 0 Å². The number of aryl methyl sites for hydroxylation is 1. The largest absolute Gasteiger partial charge is 0.296 e. The summed E-state index contributed by atoms with van der Waals surface area (Å²) in [5, 5.41) is 0. The van der Waals surface area contributed by atoms with Gasteiger partial charge < -0.3 is 0 Å². The average molecular weight is 259 g/mol. The third-order valence-corrected chi connectivity index (χ3v) is 2.88. The molecule has 2 aromatic carbocycles. The molecule has 0 N–H and O–H groups in total. The molecule has 0 atom stereocenters. The van der Waals surface area contributed by atoms with Gasteiger partial charge >= 0.3 is 0 Å². The summed E-state index contributed by atoms with van der Waals surface area (Å²) in [6.45, 7) is 2.07. The first-order valence-electron chi connectivity index (χ1n) is 5.33. The maximum atomic E-state index is 5.20. The van der Waals surface area contributed by atoms with E-state index >= 15 is 0 Å². The SMILES string of the molecule is Cc1ccc(N(C(=S)S)c2ccccc2)cc1. The molecule has 0 saturated heterocycles. The summed E-state index contributed by atoms with van der Waals surface area (Å²) in [6, 6.07) is 18.2. The highest BCUT2D eigenvalue weighted by molar-refractivity contribution is 8.11. The summed E-state index contributed by atoms with van der Waals surface area (Å²) in [4.78, 5) is 1.94. The molecule has 0 aromatic heterocycles. The Hall–Kier alpha value is -1.32. The molecular weight excluding hydrogens is 246 g/mol. The smallest absolute Gasteiger partial charge is 0.142 e. The highest BCUT2D eigenvalue weighted by atomic mass is 32.1. The van der Waals surface area contributed by atoms with E-state index in [1.54, 1.807) is 0 Å². The Morgan fingerprint density at radius 3 is 2.00 bits per heavy atom. The van der Waals surface area contributed by atoms with Crippen molar-refractivity contribution in [2.45, 2.75) is 6.92 Å². The number of thiol groups is 1. The van der Waals surface area contributed by atoms with Gasteiger partial charge in [-0.2, -0.15) is 0 Å². The molecule has 0 aliphatic heterocycles. The fraction of sp³-hybridized carbons (Fsp3) is 0.0714. The predicted octanol–water partition coefficient (Wildman–Crippen LogP) is 4.35. The van der Waals surface area contributed by atoms with Crippen molar-refractivity contribution in [1.29, 1.82) is 0 Å². The first-order chi connectivity index (χ1) is 8.18. The van der Waals surface area contributed by atoms with Crippen molar-refractivity contribution >= 4 is 40.5 Å². The van der Waals surface area contributed by atoms with Crippen LogP contribution >= 0.6 is 24.8 Å². The van der Waals surface area contributed by atoms with Gasteiger partial charge in [0.15, 0.2) is 0 Å². The lowest BCUT2D eigenvalue weighted by atomic mass is 10.2. The van der Waals surface area contributed by atoms with Gasteiger partial charge in [-0.3, -0.25) is 4.90 Å². The van der Waals surface area contributed by atoms with Crippen LogP contribution in [0, 0.1) is 6.92 Å². The van der Waals surface area contributed by atoms with Crippen LogP contribution in [0.15, 0.2) is 54.6 Å². The number of nitrogens with zero attached hydrogens (tertiary/aromatic N) is 1. The van der Waals surface area contributed by atoms with Crippen molar-refractivity contribution in [3.8, 4) is 0 Å². The van der Waals surface area contributed by atoms with Crippen molar-refractivity contribution in [2.75, 3.05) is 4.90 Å². The van der Waals surface area contributed by atoms with Gasteiger partial charge in [-0.1, -0.05) is 48.1 Å². The Morgan fingerprint density at radius 1 is 0.941 bits per heavy atom. The quantitative estimate of drug-likeness (QED) is 0.631. The van der Waals surface area contributed by atoms with E-state index < -0.39 is 0 Å². The van der Waals surface area contributed by atoms with Gasteiger partial charge in [-0.25, -0.2) is 0 Å². The molecule has 0 saturated carbocycles. The van der Waals surface area contributed by atoms with Gasteiger partial charge in [0.25, 0.3) is 0 Å². The number of hydrogen-bond acceptors (Lipinski definition) is 1. The molecule has 0 radical (unpaired) electrons. The molecule has 17 heavy (non-hydrogen) atoms. The van der Waals surface area contributed by atoms with E-state index in [2.05, 4.69) is 31.7 Å². The third-order valence-electron chi connectivity index (χ3n) is 2.50. The van der Waals surface area contributed by atoms with Gasteiger partial charge in [0.1, 0.15) is 4.32 Å². The fourth-order valence-corrected chi connectivity index (χ4v) is 2.08. The van der Waals surface area contributed by atoms with E-state index in [0.717, 1.165) is 11.4 Å². The van der Waals surface area contributed by atoms with Gasteiger partial charge in [-0.05, 0) is 31.2 Å². The zero-order chi connectivity index (χ0) is 12.3. The van der Waals surface area contributed by atoms with E-state index in [-0.39, 0.29) is 0 Å². The molecule has 0 aliphatic rings. The van der Waals surface area contributed by atoms with Crippen LogP contribution in [0.1, 0.15) is 5.56 Å². The zero-order valence-electron chi connectivity index (χ0n) is 9.50. The monoisotopic (exact) mass is 259 g/mol. The van der Waals surface area contributed by atoms with Crippen LogP contribution in [0.2, 0.25) is 0 Å². The molecule has 0 heterocycles. The molecular formula is C14H13NS2. The molecule has 0 bridgehead atoms. The van der Waals surface area contributed by atoms with Crippen molar-refractivity contribution in [1.82, 2.24) is 0 Å². The molecule has 0 spiro atoms. The molecule has 3 heteroatoms. The van der Waals surface area contributed by atoms with Crippen molar-refractivity contribution in [3.05, 3.63) is 60.2 Å². The van der Waals surface area contributed by atoms with Crippen molar-refractivity contribution in [3.63, 3.8) is 0 Å². The normalized spacial score (nSPS) is 10.0. The molecule has 2 rings (SSSR count). The number of rotatable bonds is 2. The summed E-state index contributed by atoms with van der Waals surface area (Å²) in [5.74, 6) is 0. The van der Waals surface area contributed by atoms with Crippen LogP contribution in [0.3, 0.4) is 0 Å². The van der Waals surface area contributed by atoms with E-state index in [9.17, 15) is 0 Å². The molecule has 0 aliphatic carbocycles. The standard InChI is InChI=1S/C14H13NS2/c1-11-7-9-13(10-8-11)15(14(16)17)12-5-3-2-4-6-12/h2-10H,1H3,(H,16,17). The van der Waals surface area contributed by atoms with E-state index in [1.165, 1.54) is 5.56 Å². The molecule has 1 nitrogen and oxygen atoms in total. The van der Waals surface area contributed by atoms with Gasteiger partial charge in [0.2, 0.25) is 0 Å². The first kappa shape index (κ1) is 12.1. The van der Waals surface area contributed by atoms with Crippen LogP contribution < -0.4 is 4.90 Å². The fourth-order valence-electron chi connectivity index (χ4n) is 1.64. The van der Waals surface area contributed by atoms with Gasteiger partial charge in [0, 0.05) is 11.4 Å². The number of benzene rings is 2. The minimum Gasteiger partial charge on any atom is -0.296 e. The number of hydrogen-bond donors (Lipinski definition) is 1. The van der Waals surface area contributed by atoms with Crippen LogP contribution in [0.5, 0.6) is 0 Å². The molecule has 2 aromatic rings. The summed E-state index contributed by atoms with van der Waals surface area (Å²) >= 11 is 9.50. The Morgan fingerprint density at radius 2 is 1.47 bits per heavy atom. The van der Waals surface area contributed by atoms with Crippen molar-refractivity contribution in [2.24, 2.45) is 0 Å². The van der Waals surface area contributed by atoms with Crippen LogP contribution in [-0.4, -0.2) is 4.32 Å².